The Morgan fingerprint density at radius 3 is 2.59 bits per heavy atom. The lowest BCUT2D eigenvalue weighted by atomic mass is 9.98. The van der Waals surface area contributed by atoms with Crippen molar-refractivity contribution in [3.8, 4) is 11.5 Å². The molecule has 142 valence electrons. The van der Waals surface area contributed by atoms with Gasteiger partial charge in [0.15, 0.2) is 11.5 Å². The summed E-state index contributed by atoms with van der Waals surface area (Å²) in [6, 6.07) is 7.53. The van der Waals surface area contributed by atoms with Crippen molar-refractivity contribution in [1.82, 2.24) is 15.2 Å². The van der Waals surface area contributed by atoms with Crippen LogP contribution in [0.2, 0.25) is 0 Å². The zero-order valence-electron chi connectivity index (χ0n) is 15.5. The molecule has 1 aromatic heterocycles. The van der Waals surface area contributed by atoms with E-state index in [0.717, 1.165) is 23.1 Å². The van der Waals surface area contributed by atoms with Crippen LogP contribution in [0.3, 0.4) is 0 Å². The zero-order valence-corrected chi connectivity index (χ0v) is 15.5. The minimum atomic E-state index is -0.290. The molecule has 3 rings (SSSR count). The SMILES string of the molecule is COc1cc2c(cc1OC)CN(C(=O)CC(=O)NCc1cccnc1)CC2. The number of hydrogen-bond donors (Lipinski definition) is 1. The molecule has 0 saturated carbocycles. The average Bonchev–Trinajstić information content (AvgIpc) is 2.71. The monoisotopic (exact) mass is 369 g/mol. The summed E-state index contributed by atoms with van der Waals surface area (Å²) in [4.78, 5) is 30.3. The number of hydrogen-bond acceptors (Lipinski definition) is 5. The van der Waals surface area contributed by atoms with Crippen molar-refractivity contribution >= 4 is 11.8 Å². The summed E-state index contributed by atoms with van der Waals surface area (Å²) in [5, 5.41) is 2.76. The van der Waals surface area contributed by atoms with Crippen molar-refractivity contribution in [2.45, 2.75) is 25.9 Å². The first-order valence-corrected chi connectivity index (χ1v) is 8.78. The quantitative estimate of drug-likeness (QED) is 0.784. The van der Waals surface area contributed by atoms with Crippen LogP contribution in [0.4, 0.5) is 0 Å². The zero-order chi connectivity index (χ0) is 19.2. The summed E-state index contributed by atoms with van der Waals surface area (Å²) in [7, 11) is 3.19. The number of carbonyl (C=O) groups is 2. The van der Waals surface area contributed by atoms with Gasteiger partial charge in [0.2, 0.25) is 11.8 Å². The van der Waals surface area contributed by atoms with Crippen LogP contribution in [0.25, 0.3) is 0 Å². The predicted octanol–water partition coefficient (Wildman–Crippen LogP) is 1.69. The lowest BCUT2D eigenvalue weighted by Gasteiger charge is -2.29. The van der Waals surface area contributed by atoms with E-state index in [4.69, 9.17) is 9.47 Å². The maximum atomic E-state index is 12.5. The van der Waals surface area contributed by atoms with Gasteiger partial charge in [-0.05, 0) is 41.3 Å². The molecule has 0 aliphatic carbocycles. The first-order valence-electron chi connectivity index (χ1n) is 8.78. The number of methoxy groups -OCH3 is 2. The Labute approximate surface area is 158 Å². The van der Waals surface area contributed by atoms with E-state index >= 15 is 0 Å². The number of amides is 2. The molecule has 2 amide bonds. The number of carbonyl (C=O) groups excluding carboxylic acids is 2. The van der Waals surface area contributed by atoms with Crippen molar-refractivity contribution in [1.29, 1.82) is 0 Å². The van der Waals surface area contributed by atoms with Gasteiger partial charge in [0.1, 0.15) is 6.42 Å². The van der Waals surface area contributed by atoms with Crippen molar-refractivity contribution in [3.63, 3.8) is 0 Å². The summed E-state index contributed by atoms with van der Waals surface area (Å²) < 4.78 is 10.7. The van der Waals surface area contributed by atoms with E-state index in [1.54, 1.807) is 37.6 Å². The van der Waals surface area contributed by atoms with Gasteiger partial charge in [0.05, 0.1) is 14.2 Å². The van der Waals surface area contributed by atoms with Gasteiger partial charge in [-0.25, -0.2) is 0 Å². The first kappa shape index (κ1) is 18.7. The molecule has 0 saturated heterocycles. The standard InChI is InChI=1S/C20H23N3O4/c1-26-17-8-15-5-7-23(13-16(15)9-18(17)27-2)20(25)10-19(24)22-12-14-4-3-6-21-11-14/h3-4,6,8-9,11H,5,7,10,12-13H2,1-2H3,(H,22,24). The molecule has 7 heteroatoms. The van der Waals surface area contributed by atoms with E-state index in [1.165, 1.54) is 0 Å². The lowest BCUT2D eigenvalue weighted by molar-refractivity contribution is -0.136. The minimum Gasteiger partial charge on any atom is -0.493 e. The van der Waals surface area contributed by atoms with E-state index < -0.39 is 0 Å². The molecule has 2 heterocycles. The van der Waals surface area contributed by atoms with Crippen LogP contribution in [0.1, 0.15) is 23.1 Å². The molecule has 1 aromatic carbocycles. The Kier molecular flexibility index (Phi) is 5.90. The van der Waals surface area contributed by atoms with Crippen LogP contribution >= 0.6 is 0 Å². The summed E-state index contributed by atoms with van der Waals surface area (Å²) in [5.41, 5.74) is 3.05. The molecule has 27 heavy (non-hydrogen) atoms. The number of nitrogens with zero attached hydrogens (tertiary/aromatic N) is 2. The van der Waals surface area contributed by atoms with Crippen molar-refractivity contribution in [2.24, 2.45) is 0 Å². The molecule has 1 aliphatic rings. The molecule has 0 spiro atoms. The topological polar surface area (TPSA) is 80.8 Å². The van der Waals surface area contributed by atoms with Crippen LogP contribution < -0.4 is 14.8 Å². The van der Waals surface area contributed by atoms with E-state index in [9.17, 15) is 9.59 Å². The molecule has 1 N–H and O–H groups in total. The summed E-state index contributed by atoms with van der Waals surface area (Å²) in [6.07, 6.45) is 3.92. The normalized spacial score (nSPS) is 12.9. The van der Waals surface area contributed by atoms with Crippen LogP contribution in [0.15, 0.2) is 36.7 Å². The number of fused-ring (bicyclic) bond motifs is 1. The van der Waals surface area contributed by atoms with Gasteiger partial charge in [0.25, 0.3) is 0 Å². The maximum absolute atomic E-state index is 12.5. The van der Waals surface area contributed by atoms with Gasteiger partial charge in [0, 0.05) is 32.0 Å². The highest BCUT2D eigenvalue weighted by Crippen LogP contribution is 2.33. The van der Waals surface area contributed by atoms with Crippen LogP contribution in [0, 0.1) is 0 Å². The smallest absolute Gasteiger partial charge is 0.232 e. The number of aromatic nitrogens is 1. The number of rotatable bonds is 6. The molecule has 0 fully saturated rings. The fraction of sp³-hybridized carbons (Fsp3) is 0.350. The van der Waals surface area contributed by atoms with Crippen molar-refractivity contribution in [2.75, 3.05) is 20.8 Å². The molecule has 7 nitrogen and oxygen atoms in total. The fourth-order valence-electron chi connectivity index (χ4n) is 3.11. The summed E-state index contributed by atoms with van der Waals surface area (Å²) in [5.74, 6) is 0.853. The molecule has 0 bridgehead atoms. The van der Waals surface area contributed by atoms with Crippen molar-refractivity contribution < 1.29 is 19.1 Å². The number of benzene rings is 1. The van der Waals surface area contributed by atoms with Gasteiger partial charge in [-0.15, -0.1) is 0 Å². The van der Waals surface area contributed by atoms with E-state index in [-0.39, 0.29) is 18.2 Å². The number of nitrogens with one attached hydrogen (secondary N) is 1. The third-order valence-electron chi connectivity index (χ3n) is 4.60. The average molecular weight is 369 g/mol. The number of pyridine rings is 1. The fourth-order valence-corrected chi connectivity index (χ4v) is 3.11. The van der Waals surface area contributed by atoms with Crippen LogP contribution in [0.5, 0.6) is 11.5 Å². The van der Waals surface area contributed by atoms with Gasteiger partial charge >= 0.3 is 0 Å². The van der Waals surface area contributed by atoms with Gasteiger partial charge in [-0.2, -0.15) is 0 Å². The molecule has 0 radical (unpaired) electrons. The third-order valence-corrected chi connectivity index (χ3v) is 4.60. The molecule has 1 aliphatic heterocycles. The van der Waals surface area contributed by atoms with E-state index in [1.807, 2.05) is 18.2 Å². The highest BCUT2D eigenvalue weighted by atomic mass is 16.5. The highest BCUT2D eigenvalue weighted by Gasteiger charge is 2.24. The second-order valence-corrected chi connectivity index (χ2v) is 6.36. The minimum absolute atomic E-state index is 0.164. The Morgan fingerprint density at radius 1 is 1.19 bits per heavy atom. The molecular weight excluding hydrogens is 346 g/mol. The molecule has 2 aromatic rings. The first-order chi connectivity index (χ1) is 13.1. The Balaban J connectivity index is 1.58. The maximum Gasteiger partial charge on any atom is 0.232 e. The van der Waals surface area contributed by atoms with Crippen LogP contribution in [-0.2, 0) is 29.1 Å². The predicted molar refractivity (Wildman–Crippen MR) is 99.4 cm³/mol. The lowest BCUT2D eigenvalue weighted by Crippen LogP contribution is -2.38. The van der Waals surface area contributed by atoms with Gasteiger partial charge < -0.3 is 19.7 Å². The largest absolute Gasteiger partial charge is 0.493 e. The summed E-state index contributed by atoms with van der Waals surface area (Å²) >= 11 is 0. The van der Waals surface area contributed by atoms with Gasteiger partial charge in [-0.1, -0.05) is 6.07 Å². The third kappa shape index (κ3) is 4.55. The Hall–Kier alpha value is -3.09. The molecule has 0 atom stereocenters. The van der Waals surface area contributed by atoms with Gasteiger partial charge in [-0.3, -0.25) is 14.6 Å². The number of ether oxygens (including phenoxy) is 2. The van der Waals surface area contributed by atoms with Crippen LogP contribution in [-0.4, -0.2) is 42.5 Å². The Morgan fingerprint density at radius 2 is 1.93 bits per heavy atom. The molecule has 0 unspecified atom stereocenters. The summed E-state index contributed by atoms with van der Waals surface area (Å²) in [6.45, 7) is 1.40. The van der Waals surface area contributed by atoms with Crippen molar-refractivity contribution in [3.05, 3.63) is 53.3 Å². The Bertz CT molecular complexity index is 823. The second kappa shape index (κ2) is 8.53. The second-order valence-electron chi connectivity index (χ2n) is 6.36. The molecular formula is C20H23N3O4. The highest BCUT2D eigenvalue weighted by molar-refractivity contribution is 5.96. The van der Waals surface area contributed by atoms with E-state index in [0.29, 0.717) is 31.1 Å². The van der Waals surface area contributed by atoms with E-state index in [2.05, 4.69) is 10.3 Å².